The van der Waals surface area contributed by atoms with Gasteiger partial charge in [-0.15, -0.1) is 0 Å². The number of para-hydroxylation sites is 1. The maximum absolute atomic E-state index is 12.9. The van der Waals surface area contributed by atoms with Gasteiger partial charge in [0.2, 0.25) is 10.0 Å². The molecule has 1 aliphatic heterocycles. The second kappa shape index (κ2) is 9.72. The summed E-state index contributed by atoms with van der Waals surface area (Å²) in [6, 6.07) is 19.8. The Hall–Kier alpha value is -2.89. The molecule has 0 saturated carbocycles. The number of sulfonamides is 1. The van der Waals surface area contributed by atoms with Crippen LogP contribution in [0.2, 0.25) is 0 Å². The molecule has 1 unspecified atom stereocenters. The Balaban J connectivity index is 1.48. The topological polar surface area (TPSA) is 114 Å². The maximum Gasteiger partial charge on any atom is 0.263 e. The Morgan fingerprint density at radius 3 is 2.50 bits per heavy atom. The van der Waals surface area contributed by atoms with Gasteiger partial charge in [-0.1, -0.05) is 54.2 Å². The van der Waals surface area contributed by atoms with Gasteiger partial charge in [0.15, 0.2) is 0 Å². The molecule has 3 aromatic carbocycles. The highest BCUT2D eigenvalue weighted by Gasteiger charge is 2.27. The van der Waals surface area contributed by atoms with Crippen LogP contribution >= 0.6 is 11.8 Å². The number of amides is 1. The molecule has 1 amide bonds. The largest absolute Gasteiger partial charge is 0.455 e. The van der Waals surface area contributed by atoms with Gasteiger partial charge in [0.1, 0.15) is 17.5 Å². The first-order valence-corrected chi connectivity index (χ1v) is 11.9. The summed E-state index contributed by atoms with van der Waals surface area (Å²) in [5.74, 6) is 0.323. The van der Waals surface area contributed by atoms with Gasteiger partial charge in [-0.05, 0) is 35.9 Å². The first kappa shape index (κ1) is 22.3. The third-order valence-electron chi connectivity index (χ3n) is 4.63. The van der Waals surface area contributed by atoms with Gasteiger partial charge in [0.25, 0.3) is 5.91 Å². The van der Waals surface area contributed by atoms with Crippen LogP contribution in [0.3, 0.4) is 0 Å². The minimum atomic E-state index is -4.09. The number of carbonyl (C=O) groups is 1. The van der Waals surface area contributed by atoms with E-state index in [4.69, 9.17) is 14.7 Å². The van der Waals surface area contributed by atoms with Gasteiger partial charge in [0.05, 0.1) is 27.9 Å². The highest BCUT2D eigenvalue weighted by molar-refractivity contribution is 7.99. The fourth-order valence-corrected chi connectivity index (χ4v) is 5.31. The van der Waals surface area contributed by atoms with Crippen LogP contribution in [-0.2, 0) is 26.2 Å². The number of hydrogen-bond acceptors (Lipinski definition) is 7. The monoisotopic (exact) mass is 472 g/mol. The first-order chi connectivity index (χ1) is 15.5. The maximum atomic E-state index is 12.9. The zero-order valence-corrected chi connectivity index (χ0v) is 18.4. The molecular formula is C22H20N2O6S2. The molecule has 4 rings (SSSR count). The molecule has 0 fully saturated rings. The standard InChI is InChI=1S/C22H20N2O6S2/c25-22(23-26)17(14-29-13-15-6-2-1-3-7-15)24-32(27,28)16-10-11-19-21(12-16)31-20-9-5-4-8-18(20)30-19/h1-12,17,24,26H,13-14H2,(H,23,25). The minimum Gasteiger partial charge on any atom is -0.455 e. The molecule has 0 saturated heterocycles. The Morgan fingerprint density at radius 2 is 1.72 bits per heavy atom. The third-order valence-corrected chi connectivity index (χ3v) is 7.20. The zero-order chi connectivity index (χ0) is 22.6. The molecule has 3 aromatic rings. The lowest BCUT2D eigenvalue weighted by Gasteiger charge is -2.21. The number of hydroxylamine groups is 1. The van der Waals surface area contributed by atoms with Crippen molar-refractivity contribution in [2.24, 2.45) is 0 Å². The molecule has 10 heteroatoms. The average molecular weight is 473 g/mol. The van der Waals surface area contributed by atoms with E-state index in [1.54, 1.807) is 6.07 Å². The predicted molar refractivity (Wildman–Crippen MR) is 117 cm³/mol. The van der Waals surface area contributed by atoms with Gasteiger partial charge < -0.3 is 9.47 Å². The van der Waals surface area contributed by atoms with Crippen molar-refractivity contribution in [2.75, 3.05) is 6.61 Å². The molecule has 0 radical (unpaired) electrons. The van der Waals surface area contributed by atoms with E-state index in [-0.39, 0.29) is 18.1 Å². The number of rotatable bonds is 8. The van der Waals surface area contributed by atoms with Gasteiger partial charge in [-0.25, -0.2) is 13.9 Å². The molecule has 0 aromatic heterocycles. The third kappa shape index (κ3) is 5.12. The van der Waals surface area contributed by atoms with Gasteiger partial charge in [0, 0.05) is 0 Å². The number of carbonyl (C=O) groups excluding carboxylic acids is 1. The summed E-state index contributed by atoms with van der Waals surface area (Å²) in [6.07, 6.45) is 0. The van der Waals surface area contributed by atoms with Crippen molar-refractivity contribution in [3.63, 3.8) is 0 Å². The smallest absolute Gasteiger partial charge is 0.263 e. The Labute approximate surface area is 189 Å². The highest BCUT2D eigenvalue weighted by Crippen LogP contribution is 2.47. The summed E-state index contributed by atoms with van der Waals surface area (Å²) in [5.41, 5.74) is 2.34. The summed E-state index contributed by atoms with van der Waals surface area (Å²) < 4.78 is 39.5. The molecule has 166 valence electrons. The molecule has 1 heterocycles. The van der Waals surface area contributed by atoms with E-state index in [0.717, 1.165) is 10.5 Å². The normalized spacial score (nSPS) is 13.4. The fraction of sp³-hybridized carbons (Fsp3) is 0.136. The Morgan fingerprint density at radius 1 is 1.00 bits per heavy atom. The molecular weight excluding hydrogens is 452 g/mol. The van der Waals surface area contributed by atoms with Crippen LogP contribution in [-0.4, -0.2) is 32.2 Å². The van der Waals surface area contributed by atoms with Crippen molar-refractivity contribution in [2.45, 2.75) is 27.3 Å². The molecule has 0 bridgehead atoms. The average Bonchev–Trinajstić information content (AvgIpc) is 2.81. The molecule has 0 aliphatic carbocycles. The molecule has 3 N–H and O–H groups in total. The van der Waals surface area contributed by atoms with Crippen LogP contribution in [0.1, 0.15) is 5.56 Å². The lowest BCUT2D eigenvalue weighted by molar-refractivity contribution is -0.132. The number of ether oxygens (including phenoxy) is 2. The summed E-state index contributed by atoms with van der Waals surface area (Å²) in [5, 5.41) is 9.03. The molecule has 1 aliphatic rings. The molecule has 32 heavy (non-hydrogen) atoms. The number of nitrogens with one attached hydrogen (secondary N) is 2. The first-order valence-electron chi connectivity index (χ1n) is 9.63. The van der Waals surface area contributed by atoms with E-state index in [0.29, 0.717) is 16.4 Å². The Kier molecular flexibility index (Phi) is 6.77. The van der Waals surface area contributed by atoms with Crippen LogP contribution in [0.25, 0.3) is 0 Å². The summed E-state index contributed by atoms with van der Waals surface area (Å²) in [6.45, 7) is -0.0826. The van der Waals surface area contributed by atoms with E-state index >= 15 is 0 Å². The predicted octanol–water partition coefficient (Wildman–Crippen LogP) is 3.31. The van der Waals surface area contributed by atoms with E-state index in [9.17, 15) is 13.2 Å². The van der Waals surface area contributed by atoms with Crippen molar-refractivity contribution in [1.82, 2.24) is 10.2 Å². The van der Waals surface area contributed by atoms with Gasteiger partial charge in [-0.2, -0.15) is 4.72 Å². The molecule has 0 spiro atoms. The number of fused-ring (bicyclic) bond motifs is 2. The van der Waals surface area contributed by atoms with Crippen LogP contribution in [0.15, 0.2) is 87.5 Å². The minimum absolute atomic E-state index is 0.0365. The zero-order valence-electron chi connectivity index (χ0n) is 16.7. The van der Waals surface area contributed by atoms with Crippen molar-refractivity contribution in [3.8, 4) is 11.5 Å². The molecule has 8 nitrogen and oxygen atoms in total. The van der Waals surface area contributed by atoms with Gasteiger partial charge in [-0.3, -0.25) is 10.0 Å². The number of hydrogen-bond donors (Lipinski definition) is 3. The van der Waals surface area contributed by atoms with Crippen molar-refractivity contribution < 1.29 is 27.9 Å². The van der Waals surface area contributed by atoms with Crippen molar-refractivity contribution >= 4 is 27.7 Å². The van der Waals surface area contributed by atoms with Crippen molar-refractivity contribution in [1.29, 1.82) is 0 Å². The summed E-state index contributed by atoms with van der Waals surface area (Å²) in [4.78, 5) is 13.5. The summed E-state index contributed by atoms with van der Waals surface area (Å²) >= 11 is 1.39. The SMILES string of the molecule is O=C(NO)C(COCc1ccccc1)NS(=O)(=O)c1ccc2c(c1)Sc1ccccc1O2. The lowest BCUT2D eigenvalue weighted by atomic mass is 10.2. The van der Waals surface area contributed by atoms with Crippen molar-refractivity contribution in [3.05, 3.63) is 78.4 Å². The fourth-order valence-electron chi connectivity index (χ4n) is 3.04. The Bertz CT molecular complexity index is 1220. The molecule has 1 atom stereocenters. The second-order valence-electron chi connectivity index (χ2n) is 6.91. The summed E-state index contributed by atoms with van der Waals surface area (Å²) in [7, 11) is -4.09. The van der Waals surface area contributed by atoms with Crippen LogP contribution in [0.5, 0.6) is 11.5 Å². The van der Waals surface area contributed by atoms with Crippen LogP contribution in [0.4, 0.5) is 0 Å². The van der Waals surface area contributed by atoms with Gasteiger partial charge >= 0.3 is 0 Å². The van der Waals surface area contributed by atoms with Crippen LogP contribution < -0.4 is 14.9 Å². The second-order valence-corrected chi connectivity index (χ2v) is 9.71. The van der Waals surface area contributed by atoms with E-state index in [1.165, 1.54) is 29.4 Å². The lowest BCUT2D eigenvalue weighted by Crippen LogP contribution is -2.48. The van der Waals surface area contributed by atoms with Crippen LogP contribution in [0, 0.1) is 0 Å². The highest BCUT2D eigenvalue weighted by atomic mass is 32.2. The quantitative estimate of drug-likeness (QED) is 0.266. The number of benzene rings is 3. The van der Waals surface area contributed by atoms with E-state index < -0.39 is 22.0 Å². The van der Waals surface area contributed by atoms with E-state index in [1.807, 2.05) is 54.6 Å². The van der Waals surface area contributed by atoms with E-state index in [2.05, 4.69) is 4.72 Å².